The van der Waals surface area contributed by atoms with Gasteiger partial charge in [0.1, 0.15) is 0 Å². The minimum Gasteiger partial charge on any atom is -0.366 e. The molecule has 3 rings (SSSR count). The quantitative estimate of drug-likeness (QED) is 0.608. The molecule has 124 valence electrons. The molecule has 1 aliphatic carbocycles. The van der Waals surface area contributed by atoms with Gasteiger partial charge in [-0.3, -0.25) is 0 Å². The predicted molar refractivity (Wildman–Crippen MR) is 97.4 cm³/mol. The van der Waals surface area contributed by atoms with Crippen LogP contribution in [0, 0.1) is 18.8 Å². The topological polar surface area (TPSA) is 9.23 Å². The molecule has 0 spiro atoms. The Hall–Kier alpha value is -1.34. The van der Waals surface area contributed by atoms with Crippen LogP contribution in [0.4, 0.5) is 0 Å². The van der Waals surface area contributed by atoms with Crippen molar-refractivity contribution in [2.24, 2.45) is 11.8 Å². The molecule has 1 aromatic carbocycles. The van der Waals surface area contributed by atoms with Crippen LogP contribution < -0.4 is 0 Å². The van der Waals surface area contributed by atoms with Crippen molar-refractivity contribution in [1.82, 2.24) is 0 Å². The largest absolute Gasteiger partial charge is 0.366 e. The zero-order valence-electron chi connectivity index (χ0n) is 15.1. The van der Waals surface area contributed by atoms with Gasteiger partial charge in [0.2, 0.25) is 0 Å². The lowest BCUT2D eigenvalue weighted by Gasteiger charge is -2.52. The standard InChI is InChI=1S/C22H30O/c1-15(2)12-13-22(5)19-11-8-17(4)20(14-19)21(23-22)18-9-6-16(3)7-10-18/h6-7,9-10,12,19-21H,4,8,11,13-14H2,1-3,5H3/t19-,20+,21-,22+/m0/s1. The third-order valence-electron chi connectivity index (χ3n) is 5.82. The molecule has 2 aliphatic rings. The van der Waals surface area contributed by atoms with Crippen LogP contribution in [0.5, 0.6) is 0 Å². The summed E-state index contributed by atoms with van der Waals surface area (Å²) < 4.78 is 6.78. The van der Waals surface area contributed by atoms with Gasteiger partial charge < -0.3 is 4.74 Å². The van der Waals surface area contributed by atoms with E-state index >= 15 is 0 Å². The highest BCUT2D eigenvalue weighted by atomic mass is 16.5. The van der Waals surface area contributed by atoms with Crippen molar-refractivity contribution < 1.29 is 4.74 Å². The van der Waals surface area contributed by atoms with Gasteiger partial charge in [-0.2, -0.15) is 0 Å². The van der Waals surface area contributed by atoms with Gasteiger partial charge in [-0.05, 0) is 64.9 Å². The molecular weight excluding hydrogens is 280 g/mol. The molecule has 23 heavy (non-hydrogen) atoms. The summed E-state index contributed by atoms with van der Waals surface area (Å²) >= 11 is 0. The maximum Gasteiger partial charge on any atom is 0.0897 e. The Balaban J connectivity index is 1.92. The summed E-state index contributed by atoms with van der Waals surface area (Å²) in [6.07, 6.45) is 7.13. The van der Waals surface area contributed by atoms with Crippen molar-refractivity contribution in [3.63, 3.8) is 0 Å². The summed E-state index contributed by atoms with van der Waals surface area (Å²) in [7, 11) is 0. The van der Waals surface area contributed by atoms with Crippen LogP contribution >= 0.6 is 0 Å². The van der Waals surface area contributed by atoms with E-state index in [0.29, 0.717) is 11.8 Å². The van der Waals surface area contributed by atoms with E-state index in [9.17, 15) is 0 Å². The second-order valence-electron chi connectivity index (χ2n) is 7.98. The molecule has 1 heterocycles. The number of allylic oxidation sites excluding steroid dienone is 1. The lowest BCUT2D eigenvalue weighted by atomic mass is 9.65. The Bertz CT molecular complexity index is 605. The van der Waals surface area contributed by atoms with Gasteiger partial charge in [0.05, 0.1) is 11.7 Å². The first kappa shape index (κ1) is 16.5. The first-order chi connectivity index (χ1) is 10.9. The minimum absolute atomic E-state index is 0.0516. The molecule has 1 heteroatoms. The van der Waals surface area contributed by atoms with Gasteiger partial charge in [-0.1, -0.05) is 53.6 Å². The summed E-state index contributed by atoms with van der Waals surface area (Å²) in [4.78, 5) is 0. The van der Waals surface area contributed by atoms with Crippen molar-refractivity contribution in [1.29, 1.82) is 0 Å². The van der Waals surface area contributed by atoms with Gasteiger partial charge in [0, 0.05) is 5.92 Å². The third-order valence-corrected chi connectivity index (χ3v) is 5.82. The van der Waals surface area contributed by atoms with Crippen molar-refractivity contribution in [3.8, 4) is 0 Å². The molecule has 1 saturated heterocycles. The molecule has 4 atom stereocenters. The highest BCUT2D eigenvalue weighted by Gasteiger charge is 2.48. The van der Waals surface area contributed by atoms with Crippen LogP contribution in [-0.4, -0.2) is 5.60 Å². The van der Waals surface area contributed by atoms with E-state index in [1.165, 1.54) is 35.1 Å². The van der Waals surface area contributed by atoms with Crippen LogP contribution in [0.2, 0.25) is 0 Å². The van der Waals surface area contributed by atoms with Crippen LogP contribution in [0.15, 0.2) is 48.1 Å². The van der Waals surface area contributed by atoms with Crippen molar-refractivity contribution in [2.75, 3.05) is 0 Å². The fourth-order valence-corrected chi connectivity index (χ4v) is 4.17. The van der Waals surface area contributed by atoms with Gasteiger partial charge in [-0.25, -0.2) is 0 Å². The molecule has 1 aliphatic heterocycles. The predicted octanol–water partition coefficient (Wildman–Crippen LogP) is 6.15. The Labute approximate surface area is 141 Å². The maximum absolute atomic E-state index is 6.78. The van der Waals surface area contributed by atoms with Crippen molar-refractivity contribution in [3.05, 3.63) is 59.2 Å². The molecule has 0 radical (unpaired) electrons. The monoisotopic (exact) mass is 310 g/mol. The average Bonchev–Trinajstić information content (AvgIpc) is 2.52. The van der Waals surface area contributed by atoms with Gasteiger partial charge >= 0.3 is 0 Å². The Morgan fingerprint density at radius 2 is 2.00 bits per heavy atom. The number of hydrogen-bond donors (Lipinski definition) is 0. The number of hydrogen-bond acceptors (Lipinski definition) is 1. The zero-order valence-corrected chi connectivity index (χ0v) is 15.1. The number of benzene rings is 1. The number of rotatable bonds is 3. The molecule has 1 nitrogen and oxygen atoms in total. The Morgan fingerprint density at radius 1 is 1.30 bits per heavy atom. The number of aryl methyl sites for hydroxylation is 1. The fourth-order valence-electron chi connectivity index (χ4n) is 4.17. The Kier molecular flexibility index (Phi) is 4.51. The SMILES string of the molecule is C=C1CC[C@H]2C[C@H]1[C@H](c1ccc(C)cc1)O[C@]2(C)CC=C(C)C. The first-order valence-electron chi connectivity index (χ1n) is 8.94. The van der Waals surface area contributed by atoms with Crippen LogP contribution in [-0.2, 0) is 4.74 Å². The van der Waals surface area contributed by atoms with E-state index in [2.05, 4.69) is 64.6 Å². The molecule has 0 aromatic heterocycles. The van der Waals surface area contributed by atoms with E-state index in [0.717, 1.165) is 12.8 Å². The second kappa shape index (κ2) is 6.28. The summed E-state index contributed by atoms with van der Waals surface area (Å²) in [6, 6.07) is 8.88. The normalized spacial score (nSPS) is 33.4. The molecule has 0 amide bonds. The van der Waals surface area contributed by atoms with Crippen molar-refractivity contribution >= 4 is 0 Å². The van der Waals surface area contributed by atoms with Crippen LogP contribution in [0.3, 0.4) is 0 Å². The summed E-state index contributed by atoms with van der Waals surface area (Å²) in [6.45, 7) is 13.2. The van der Waals surface area contributed by atoms with E-state index in [1.54, 1.807) is 0 Å². The van der Waals surface area contributed by atoms with Gasteiger partial charge in [0.15, 0.2) is 0 Å². The first-order valence-corrected chi connectivity index (χ1v) is 8.94. The molecule has 0 unspecified atom stereocenters. The maximum atomic E-state index is 6.78. The minimum atomic E-state index is -0.0516. The van der Waals surface area contributed by atoms with Gasteiger partial charge in [-0.15, -0.1) is 0 Å². The average molecular weight is 310 g/mol. The number of ether oxygens (including phenoxy) is 1. The Morgan fingerprint density at radius 3 is 2.65 bits per heavy atom. The summed E-state index contributed by atoms with van der Waals surface area (Å²) in [5.41, 5.74) is 5.33. The molecule has 0 N–H and O–H groups in total. The summed E-state index contributed by atoms with van der Waals surface area (Å²) in [5.74, 6) is 1.13. The van der Waals surface area contributed by atoms with Crippen LogP contribution in [0.1, 0.15) is 63.7 Å². The molecule has 1 saturated carbocycles. The summed E-state index contributed by atoms with van der Waals surface area (Å²) in [5, 5.41) is 0. The van der Waals surface area contributed by atoms with Crippen LogP contribution in [0.25, 0.3) is 0 Å². The highest BCUT2D eigenvalue weighted by Crippen LogP contribution is 2.53. The smallest absolute Gasteiger partial charge is 0.0897 e. The zero-order chi connectivity index (χ0) is 16.6. The van der Waals surface area contributed by atoms with E-state index in [-0.39, 0.29) is 11.7 Å². The van der Waals surface area contributed by atoms with Crippen molar-refractivity contribution in [2.45, 2.75) is 65.1 Å². The molecule has 2 bridgehead atoms. The lowest BCUT2D eigenvalue weighted by molar-refractivity contribution is -0.181. The molecule has 2 fully saturated rings. The van der Waals surface area contributed by atoms with E-state index < -0.39 is 0 Å². The fraction of sp³-hybridized carbons (Fsp3) is 0.545. The molecule has 1 aromatic rings. The highest BCUT2D eigenvalue weighted by molar-refractivity contribution is 5.28. The molecular formula is C22H30O. The second-order valence-corrected chi connectivity index (χ2v) is 7.98. The third kappa shape index (κ3) is 3.30. The van der Waals surface area contributed by atoms with E-state index in [4.69, 9.17) is 4.74 Å². The van der Waals surface area contributed by atoms with E-state index in [1.807, 2.05) is 0 Å². The van der Waals surface area contributed by atoms with Gasteiger partial charge in [0.25, 0.3) is 0 Å². The lowest BCUT2D eigenvalue weighted by Crippen LogP contribution is -2.48. The number of fused-ring (bicyclic) bond motifs is 2.